The van der Waals surface area contributed by atoms with Gasteiger partial charge in [-0.3, -0.25) is 9.78 Å². The van der Waals surface area contributed by atoms with Crippen LogP contribution in [0, 0.1) is 18.8 Å². The molecule has 25 heavy (non-hydrogen) atoms. The maximum Gasteiger partial charge on any atom is 0.224 e. The van der Waals surface area contributed by atoms with Crippen molar-refractivity contribution < 1.29 is 4.79 Å². The van der Waals surface area contributed by atoms with E-state index in [-0.39, 0.29) is 23.9 Å². The van der Waals surface area contributed by atoms with Crippen LogP contribution in [-0.4, -0.2) is 21.9 Å². The van der Waals surface area contributed by atoms with Gasteiger partial charge in [0.2, 0.25) is 5.91 Å². The van der Waals surface area contributed by atoms with E-state index in [0.29, 0.717) is 5.92 Å². The minimum Gasteiger partial charge on any atom is -0.361 e. The molecular weight excluding hydrogens is 312 g/mol. The Morgan fingerprint density at radius 1 is 1.24 bits per heavy atom. The number of amides is 1. The van der Waals surface area contributed by atoms with Gasteiger partial charge in [0.1, 0.15) is 5.82 Å². The molecule has 0 spiro atoms. The zero-order chi connectivity index (χ0) is 17.6. The minimum absolute atomic E-state index is 0.0479. The Balaban J connectivity index is 1.77. The van der Waals surface area contributed by atoms with Crippen molar-refractivity contribution in [3.8, 4) is 0 Å². The van der Waals surface area contributed by atoms with E-state index in [9.17, 15) is 4.79 Å². The van der Waals surface area contributed by atoms with Crippen LogP contribution in [0.25, 0.3) is 0 Å². The van der Waals surface area contributed by atoms with E-state index in [4.69, 9.17) is 0 Å². The molecule has 5 nitrogen and oxygen atoms in total. The standard InChI is InChI=1S/C20H24N4O/c1-12-6-4-8-17(22-12)23-18-13(2)20(15-9-10-15)24(14(3)25)16-7-5-11-21-19(16)18/h4-8,11,13,15,18,20H,9-10H2,1-3H3,(H,22,23)/t13-,18?,20?/m1/s1. The van der Waals surface area contributed by atoms with Crippen molar-refractivity contribution in [2.24, 2.45) is 11.8 Å². The smallest absolute Gasteiger partial charge is 0.224 e. The topological polar surface area (TPSA) is 58.1 Å². The van der Waals surface area contributed by atoms with E-state index < -0.39 is 0 Å². The molecule has 2 aliphatic rings. The molecule has 4 rings (SSSR count). The zero-order valence-corrected chi connectivity index (χ0v) is 14.9. The monoisotopic (exact) mass is 336 g/mol. The summed E-state index contributed by atoms with van der Waals surface area (Å²) < 4.78 is 0. The summed E-state index contributed by atoms with van der Waals surface area (Å²) >= 11 is 0. The van der Waals surface area contributed by atoms with Crippen LogP contribution in [0.4, 0.5) is 11.5 Å². The molecule has 5 heteroatoms. The predicted molar refractivity (Wildman–Crippen MR) is 98.4 cm³/mol. The third kappa shape index (κ3) is 2.88. The molecule has 0 saturated heterocycles. The molecule has 1 amide bonds. The molecule has 2 aromatic rings. The zero-order valence-electron chi connectivity index (χ0n) is 14.9. The fourth-order valence-electron chi connectivity index (χ4n) is 4.13. The van der Waals surface area contributed by atoms with Crippen molar-refractivity contribution >= 4 is 17.4 Å². The Morgan fingerprint density at radius 3 is 2.72 bits per heavy atom. The van der Waals surface area contributed by atoms with Crippen molar-refractivity contribution in [1.29, 1.82) is 0 Å². The second-order valence-electron chi connectivity index (χ2n) is 7.27. The van der Waals surface area contributed by atoms with Gasteiger partial charge in [0.15, 0.2) is 0 Å². The van der Waals surface area contributed by atoms with Gasteiger partial charge in [-0.25, -0.2) is 4.98 Å². The van der Waals surface area contributed by atoms with Crippen molar-refractivity contribution in [1.82, 2.24) is 9.97 Å². The number of anilines is 2. The summed E-state index contributed by atoms with van der Waals surface area (Å²) in [7, 11) is 0. The maximum atomic E-state index is 12.4. The highest BCUT2D eigenvalue weighted by Gasteiger charge is 2.48. The number of carbonyl (C=O) groups is 1. The Kier molecular flexibility index (Phi) is 3.94. The summed E-state index contributed by atoms with van der Waals surface area (Å²) in [6.45, 7) is 5.88. The van der Waals surface area contributed by atoms with Gasteiger partial charge in [0.05, 0.1) is 17.4 Å². The van der Waals surface area contributed by atoms with Crippen LogP contribution in [0.15, 0.2) is 36.5 Å². The molecule has 0 radical (unpaired) electrons. The predicted octanol–water partition coefficient (Wildman–Crippen LogP) is 3.72. The van der Waals surface area contributed by atoms with Crippen LogP contribution < -0.4 is 10.2 Å². The molecule has 2 aromatic heterocycles. The number of aryl methyl sites for hydroxylation is 1. The number of hydrogen-bond acceptors (Lipinski definition) is 4. The number of aromatic nitrogens is 2. The second-order valence-corrected chi connectivity index (χ2v) is 7.27. The Bertz CT molecular complexity index is 802. The van der Waals surface area contributed by atoms with Crippen LogP contribution in [0.2, 0.25) is 0 Å². The molecule has 1 aliphatic carbocycles. The molecule has 1 saturated carbocycles. The number of pyridine rings is 2. The lowest BCUT2D eigenvalue weighted by atomic mass is 9.82. The van der Waals surface area contributed by atoms with E-state index in [1.54, 1.807) is 13.1 Å². The van der Waals surface area contributed by atoms with Gasteiger partial charge in [-0.05, 0) is 49.9 Å². The SMILES string of the molecule is CC(=O)N1c2cccnc2C(Nc2cccc(C)n2)[C@@H](C)C1C1CC1. The summed E-state index contributed by atoms with van der Waals surface area (Å²) in [5.41, 5.74) is 2.86. The molecule has 130 valence electrons. The molecule has 1 fully saturated rings. The van der Waals surface area contributed by atoms with Crippen molar-refractivity contribution in [3.05, 3.63) is 47.9 Å². The molecule has 2 unspecified atom stereocenters. The van der Waals surface area contributed by atoms with E-state index >= 15 is 0 Å². The van der Waals surface area contributed by atoms with Crippen LogP contribution in [0.5, 0.6) is 0 Å². The van der Waals surface area contributed by atoms with Gasteiger partial charge in [-0.2, -0.15) is 0 Å². The van der Waals surface area contributed by atoms with Crippen LogP contribution in [-0.2, 0) is 4.79 Å². The van der Waals surface area contributed by atoms with Crippen molar-refractivity contribution in [3.63, 3.8) is 0 Å². The van der Waals surface area contributed by atoms with Crippen LogP contribution in [0.1, 0.15) is 44.1 Å². The first kappa shape index (κ1) is 16.1. The quantitative estimate of drug-likeness (QED) is 0.928. The van der Waals surface area contributed by atoms with Gasteiger partial charge in [0, 0.05) is 30.8 Å². The highest BCUT2D eigenvalue weighted by Crippen LogP contribution is 2.49. The Morgan fingerprint density at radius 2 is 2.04 bits per heavy atom. The fourth-order valence-corrected chi connectivity index (χ4v) is 4.13. The van der Waals surface area contributed by atoms with E-state index in [0.717, 1.165) is 22.9 Å². The molecule has 3 heterocycles. The van der Waals surface area contributed by atoms with Gasteiger partial charge >= 0.3 is 0 Å². The van der Waals surface area contributed by atoms with Gasteiger partial charge in [-0.1, -0.05) is 13.0 Å². The molecule has 1 N–H and O–H groups in total. The normalized spacial score (nSPS) is 25.4. The number of hydrogen-bond donors (Lipinski definition) is 1. The first-order valence-electron chi connectivity index (χ1n) is 9.01. The number of rotatable bonds is 3. The average Bonchev–Trinajstić information content (AvgIpc) is 3.41. The van der Waals surface area contributed by atoms with Crippen molar-refractivity contribution in [2.45, 2.75) is 45.7 Å². The van der Waals surface area contributed by atoms with Gasteiger partial charge in [-0.15, -0.1) is 0 Å². The molecule has 3 atom stereocenters. The van der Waals surface area contributed by atoms with Crippen LogP contribution >= 0.6 is 0 Å². The number of nitrogens with zero attached hydrogens (tertiary/aromatic N) is 3. The lowest BCUT2D eigenvalue weighted by molar-refractivity contribution is -0.117. The summed E-state index contributed by atoms with van der Waals surface area (Å²) in [6.07, 6.45) is 4.20. The molecular formula is C20H24N4O. The lowest BCUT2D eigenvalue weighted by Crippen LogP contribution is -2.51. The summed E-state index contributed by atoms with van der Waals surface area (Å²) in [6, 6.07) is 10.2. The number of fused-ring (bicyclic) bond motifs is 1. The summed E-state index contributed by atoms with van der Waals surface area (Å²) in [5.74, 6) is 1.81. The molecule has 1 aliphatic heterocycles. The highest BCUT2D eigenvalue weighted by atomic mass is 16.2. The molecule has 0 aromatic carbocycles. The third-order valence-electron chi connectivity index (χ3n) is 5.37. The van der Waals surface area contributed by atoms with Crippen molar-refractivity contribution in [2.75, 3.05) is 10.2 Å². The van der Waals surface area contributed by atoms with E-state index in [1.165, 1.54) is 12.8 Å². The third-order valence-corrected chi connectivity index (χ3v) is 5.37. The average molecular weight is 336 g/mol. The number of carbonyl (C=O) groups excluding carboxylic acids is 1. The Labute approximate surface area is 148 Å². The maximum absolute atomic E-state index is 12.4. The largest absolute Gasteiger partial charge is 0.361 e. The van der Waals surface area contributed by atoms with E-state index in [1.807, 2.05) is 42.2 Å². The van der Waals surface area contributed by atoms with Gasteiger partial charge < -0.3 is 10.2 Å². The Hall–Kier alpha value is -2.43. The summed E-state index contributed by atoms with van der Waals surface area (Å²) in [4.78, 5) is 23.6. The first-order valence-corrected chi connectivity index (χ1v) is 9.01. The fraction of sp³-hybridized carbons (Fsp3) is 0.450. The lowest BCUT2D eigenvalue weighted by Gasteiger charge is -2.45. The van der Waals surface area contributed by atoms with Crippen LogP contribution in [0.3, 0.4) is 0 Å². The van der Waals surface area contributed by atoms with Gasteiger partial charge in [0.25, 0.3) is 0 Å². The highest BCUT2D eigenvalue weighted by molar-refractivity contribution is 5.93. The van der Waals surface area contributed by atoms with E-state index in [2.05, 4.69) is 22.2 Å². The first-order chi connectivity index (χ1) is 12.1. The number of nitrogens with one attached hydrogen (secondary N) is 1. The summed E-state index contributed by atoms with van der Waals surface area (Å²) in [5, 5.41) is 3.59. The molecule has 0 bridgehead atoms. The minimum atomic E-state index is 0.0479. The second kappa shape index (κ2) is 6.14.